The van der Waals surface area contributed by atoms with Crippen molar-refractivity contribution in [3.05, 3.63) is 0 Å². The topological polar surface area (TPSA) is 29.3 Å². The van der Waals surface area contributed by atoms with E-state index in [0.717, 1.165) is 6.54 Å². The lowest BCUT2D eigenvalue weighted by atomic mass is 10.5. The molecule has 0 spiro atoms. The van der Waals surface area contributed by atoms with Crippen molar-refractivity contribution in [3.63, 3.8) is 0 Å². The zero-order chi connectivity index (χ0) is 5.98. The average molecular weight is 132 g/mol. The first-order chi connectivity index (χ1) is 3.84. The van der Waals surface area contributed by atoms with Crippen molar-refractivity contribution >= 4 is 16.0 Å². The second-order valence-electron chi connectivity index (χ2n) is 1.84. The first-order valence-corrected chi connectivity index (χ1v) is 4.27. The Bertz CT molecular complexity index is 111. The van der Waals surface area contributed by atoms with Crippen LogP contribution in [-0.4, -0.2) is 22.1 Å². The third kappa shape index (κ3) is 1.10. The normalized spacial score (nSPS) is 32.0. The molecule has 0 saturated carbocycles. The molecule has 48 valence electrons. The van der Waals surface area contributed by atoms with Crippen LogP contribution >= 0.6 is 10.7 Å². The molecule has 1 unspecified atom stereocenters. The van der Waals surface area contributed by atoms with E-state index in [9.17, 15) is 0 Å². The lowest BCUT2D eigenvalue weighted by Gasteiger charge is -2.08. The number of rotatable bonds is 0. The molecule has 0 aliphatic carbocycles. The largest absolute Gasteiger partial charge is 0.259 e. The lowest BCUT2D eigenvalue weighted by Crippen LogP contribution is -2.21. The van der Waals surface area contributed by atoms with Gasteiger partial charge in [0.05, 0.1) is 0 Å². The fourth-order valence-corrected chi connectivity index (χ4v) is 2.39. The highest BCUT2D eigenvalue weighted by molar-refractivity contribution is 8.13. The van der Waals surface area contributed by atoms with E-state index < -0.39 is 0 Å². The van der Waals surface area contributed by atoms with Crippen molar-refractivity contribution in [2.75, 3.05) is 12.3 Å². The summed E-state index contributed by atoms with van der Waals surface area (Å²) in [6.07, 6.45) is 1.27. The molecule has 1 rings (SSSR count). The fraction of sp³-hybridized carbons (Fsp3) is 0.800. The summed E-state index contributed by atoms with van der Waals surface area (Å²) >= 11 is 0. The molecule has 0 aromatic rings. The third-order valence-corrected chi connectivity index (χ3v) is 3.34. The molecule has 2 N–H and O–H groups in total. The van der Waals surface area contributed by atoms with Gasteiger partial charge in [-0.2, -0.15) is 4.41 Å². The van der Waals surface area contributed by atoms with Crippen LogP contribution in [0.15, 0.2) is 0 Å². The minimum atomic E-state index is 0.307. The molecule has 0 aromatic carbocycles. The number of hydrazine groups is 1. The molecule has 0 radical (unpaired) electrons. The summed E-state index contributed by atoms with van der Waals surface area (Å²) in [5, 5.41) is 2.19. The van der Waals surface area contributed by atoms with E-state index in [1.165, 1.54) is 12.2 Å². The maximum Gasteiger partial charge on any atom is 0.0245 e. The molecule has 1 fully saturated rings. The zero-order valence-corrected chi connectivity index (χ0v) is 5.95. The van der Waals surface area contributed by atoms with Crippen molar-refractivity contribution in [2.24, 2.45) is 5.84 Å². The summed E-state index contributed by atoms with van der Waals surface area (Å²) in [5.41, 5.74) is 0. The van der Waals surface area contributed by atoms with Crippen LogP contribution < -0.4 is 5.84 Å². The van der Waals surface area contributed by atoms with Crippen molar-refractivity contribution in [2.45, 2.75) is 13.3 Å². The number of hydrogen-bond acceptors (Lipinski definition) is 2. The molecule has 1 aliphatic rings. The molecule has 0 bridgehead atoms. The molecule has 8 heavy (non-hydrogen) atoms. The highest BCUT2D eigenvalue weighted by Gasteiger charge is 2.10. The Labute approximate surface area is 52.7 Å². The second kappa shape index (κ2) is 2.62. The Morgan fingerprint density at radius 2 is 2.50 bits per heavy atom. The molecular formula is C5H12N2S. The van der Waals surface area contributed by atoms with Crippen molar-refractivity contribution in [3.8, 4) is 0 Å². The Hall–Kier alpha value is 0.140. The summed E-state index contributed by atoms with van der Waals surface area (Å²) in [6, 6.07) is 0. The Morgan fingerprint density at radius 1 is 1.75 bits per heavy atom. The molecule has 1 heterocycles. The molecule has 2 nitrogen and oxygen atoms in total. The van der Waals surface area contributed by atoms with E-state index in [0.29, 0.717) is 10.7 Å². The quantitative estimate of drug-likeness (QED) is 0.386. The fourth-order valence-electron chi connectivity index (χ4n) is 0.856. The first kappa shape index (κ1) is 6.26. The van der Waals surface area contributed by atoms with Gasteiger partial charge in [0.2, 0.25) is 0 Å². The summed E-state index contributed by atoms with van der Waals surface area (Å²) in [6.45, 7) is 3.15. The van der Waals surface area contributed by atoms with Crippen LogP contribution in [0, 0.1) is 0 Å². The maximum atomic E-state index is 5.60. The predicted molar refractivity (Wildman–Crippen MR) is 39.7 cm³/mol. The van der Waals surface area contributed by atoms with Crippen LogP contribution in [-0.2, 0) is 0 Å². The third-order valence-electron chi connectivity index (χ3n) is 1.31. The van der Waals surface area contributed by atoms with Gasteiger partial charge in [-0.3, -0.25) is 5.84 Å². The second-order valence-corrected chi connectivity index (χ2v) is 3.99. The predicted octanol–water partition coefficient (Wildman–Crippen LogP) is 0.572. The van der Waals surface area contributed by atoms with Gasteiger partial charge in [0.25, 0.3) is 0 Å². The zero-order valence-electron chi connectivity index (χ0n) is 5.13. The highest BCUT2D eigenvalue weighted by Crippen LogP contribution is 2.22. The van der Waals surface area contributed by atoms with Crippen LogP contribution in [0.4, 0.5) is 0 Å². The first-order valence-electron chi connectivity index (χ1n) is 2.86. The van der Waals surface area contributed by atoms with Gasteiger partial charge in [-0.05, 0) is 18.7 Å². The number of hydrogen-bond donors (Lipinski definition) is 1. The lowest BCUT2D eigenvalue weighted by molar-refractivity contribution is 0.525. The average Bonchev–Trinajstić information content (AvgIpc) is 2.14. The van der Waals surface area contributed by atoms with E-state index in [1.54, 1.807) is 0 Å². The molecule has 3 heteroatoms. The molecular weight excluding hydrogens is 120 g/mol. The van der Waals surface area contributed by atoms with Crippen molar-refractivity contribution < 1.29 is 0 Å². The summed E-state index contributed by atoms with van der Waals surface area (Å²) < 4.78 is 1.93. The van der Waals surface area contributed by atoms with Crippen molar-refractivity contribution in [1.82, 2.24) is 4.41 Å². The molecule has 0 aromatic heterocycles. The van der Waals surface area contributed by atoms with Gasteiger partial charge in [-0.1, -0.05) is 0 Å². The van der Waals surface area contributed by atoms with Gasteiger partial charge in [-0.25, -0.2) is 0 Å². The van der Waals surface area contributed by atoms with Gasteiger partial charge in [0.1, 0.15) is 0 Å². The van der Waals surface area contributed by atoms with Crippen LogP contribution in [0.25, 0.3) is 0 Å². The van der Waals surface area contributed by atoms with Crippen LogP contribution in [0.3, 0.4) is 0 Å². The monoisotopic (exact) mass is 132 g/mol. The van der Waals surface area contributed by atoms with E-state index in [-0.39, 0.29) is 0 Å². The molecule has 1 atom stereocenters. The SMILES string of the molecule is C/C=S1\CCCN1N. The highest BCUT2D eigenvalue weighted by atomic mass is 32.2. The van der Waals surface area contributed by atoms with Gasteiger partial charge in [0.15, 0.2) is 0 Å². The van der Waals surface area contributed by atoms with Crippen LogP contribution in [0.2, 0.25) is 0 Å². The standard InChI is InChI=1S/C5H12N2S/c1-2-8-5-3-4-7(8)6/h2H,3-6H2,1H3. The molecule has 1 saturated heterocycles. The van der Waals surface area contributed by atoms with Crippen LogP contribution in [0.5, 0.6) is 0 Å². The van der Waals surface area contributed by atoms with Gasteiger partial charge < -0.3 is 0 Å². The van der Waals surface area contributed by atoms with E-state index in [1.807, 2.05) is 4.41 Å². The van der Waals surface area contributed by atoms with Gasteiger partial charge in [-0.15, -0.1) is 10.7 Å². The molecule has 0 amide bonds. The summed E-state index contributed by atoms with van der Waals surface area (Å²) in [4.78, 5) is 0. The smallest absolute Gasteiger partial charge is 0.0245 e. The number of nitrogens with zero attached hydrogens (tertiary/aromatic N) is 1. The van der Waals surface area contributed by atoms with Crippen LogP contribution in [0.1, 0.15) is 13.3 Å². The van der Waals surface area contributed by atoms with E-state index >= 15 is 0 Å². The van der Waals surface area contributed by atoms with Crippen molar-refractivity contribution in [1.29, 1.82) is 0 Å². The van der Waals surface area contributed by atoms with E-state index in [2.05, 4.69) is 12.3 Å². The van der Waals surface area contributed by atoms with E-state index in [4.69, 9.17) is 5.84 Å². The Kier molecular flexibility index (Phi) is 2.05. The van der Waals surface area contributed by atoms with Gasteiger partial charge >= 0.3 is 0 Å². The minimum absolute atomic E-state index is 0.307. The summed E-state index contributed by atoms with van der Waals surface area (Å²) in [7, 11) is 0.307. The minimum Gasteiger partial charge on any atom is -0.259 e. The summed E-state index contributed by atoms with van der Waals surface area (Å²) in [5.74, 6) is 6.87. The molecule has 1 aliphatic heterocycles. The van der Waals surface area contributed by atoms with Gasteiger partial charge in [0, 0.05) is 12.3 Å². The number of nitrogens with two attached hydrogens (primary N) is 1. The Morgan fingerprint density at radius 3 is 2.75 bits per heavy atom. The Balaban J connectivity index is 2.55. The maximum absolute atomic E-state index is 5.60.